The number of aryl methyl sites for hydroxylation is 1. The number of ketones is 1. The van der Waals surface area contributed by atoms with Gasteiger partial charge in [0.25, 0.3) is 0 Å². The number of Topliss-reactive ketones (excluding diaryl/α,β-unsaturated/α-hetero) is 1. The minimum atomic E-state index is -1.32. The third-order valence-corrected chi connectivity index (χ3v) is 4.30. The number of aliphatic carboxylic acids is 1. The number of nitrogens with zero attached hydrogens (tertiary/aromatic N) is 2. The molecule has 5 heteroatoms. The molecule has 5 nitrogen and oxygen atoms in total. The van der Waals surface area contributed by atoms with Gasteiger partial charge in [0.15, 0.2) is 18.2 Å². The molecule has 0 bridgehead atoms. The van der Waals surface area contributed by atoms with E-state index in [1.807, 2.05) is 72.6 Å². The minimum absolute atomic E-state index is 0.0298. The van der Waals surface area contributed by atoms with Gasteiger partial charge in [0.05, 0.1) is 5.97 Å². The van der Waals surface area contributed by atoms with Gasteiger partial charge in [-0.25, -0.2) is 4.57 Å². The average Bonchev–Trinajstić information content (AvgIpc) is 2.68. The monoisotopic (exact) mass is 372 g/mol. The zero-order valence-corrected chi connectivity index (χ0v) is 15.7. The van der Waals surface area contributed by atoms with Crippen LogP contribution in [0.2, 0.25) is 0 Å². The summed E-state index contributed by atoms with van der Waals surface area (Å²) in [6.07, 6.45) is 20.9. The summed E-state index contributed by atoms with van der Waals surface area (Å²) >= 11 is 0. The van der Waals surface area contributed by atoms with E-state index in [1.165, 1.54) is 12.2 Å². The quantitative estimate of drug-likeness (QED) is 0.594. The van der Waals surface area contributed by atoms with Gasteiger partial charge in [-0.2, -0.15) is 0 Å². The lowest BCUT2D eigenvalue weighted by Gasteiger charge is -2.14. The normalized spacial score (nSPS) is 17.9. The SMILES string of the molecule is CN1C=CC(=C/C=C2\C=C(C(=O)[O-])C=C(/C=C/c3cc[n+](C)cc3)C2=O)C=C1. The van der Waals surface area contributed by atoms with Gasteiger partial charge in [-0.1, -0.05) is 24.3 Å². The summed E-state index contributed by atoms with van der Waals surface area (Å²) < 4.78 is 1.90. The summed E-state index contributed by atoms with van der Waals surface area (Å²) in [5, 5.41) is 11.4. The molecule has 1 aliphatic heterocycles. The third kappa shape index (κ3) is 4.71. The molecule has 3 rings (SSSR count). The Morgan fingerprint density at radius 2 is 1.75 bits per heavy atom. The summed E-state index contributed by atoms with van der Waals surface area (Å²) in [5.74, 6) is -1.55. The second-order valence-corrected chi connectivity index (χ2v) is 6.53. The molecular formula is C23H20N2O3. The Morgan fingerprint density at radius 3 is 2.39 bits per heavy atom. The van der Waals surface area contributed by atoms with E-state index in [2.05, 4.69) is 0 Å². The Hall–Kier alpha value is -3.73. The fraction of sp³-hybridized carbons (Fsp3) is 0.0870. The fourth-order valence-electron chi connectivity index (χ4n) is 2.66. The van der Waals surface area contributed by atoms with E-state index in [4.69, 9.17) is 0 Å². The van der Waals surface area contributed by atoms with E-state index in [0.29, 0.717) is 11.1 Å². The van der Waals surface area contributed by atoms with Gasteiger partial charge in [0, 0.05) is 42.7 Å². The number of carbonyl (C=O) groups excluding carboxylic acids is 2. The molecule has 0 N–H and O–H groups in total. The van der Waals surface area contributed by atoms with Gasteiger partial charge >= 0.3 is 0 Å². The topological polar surface area (TPSA) is 64.3 Å². The van der Waals surface area contributed by atoms with Gasteiger partial charge in [-0.15, -0.1) is 0 Å². The van der Waals surface area contributed by atoms with Crippen molar-refractivity contribution in [2.75, 3.05) is 7.05 Å². The van der Waals surface area contributed by atoms with Gasteiger partial charge < -0.3 is 14.8 Å². The van der Waals surface area contributed by atoms with Crippen molar-refractivity contribution in [3.63, 3.8) is 0 Å². The zero-order chi connectivity index (χ0) is 20.1. The Kier molecular flexibility index (Phi) is 5.65. The first kappa shape index (κ1) is 19.0. The van der Waals surface area contributed by atoms with Gasteiger partial charge in [0.2, 0.25) is 0 Å². The van der Waals surface area contributed by atoms with Gasteiger partial charge in [-0.05, 0) is 41.0 Å². The van der Waals surface area contributed by atoms with Crippen LogP contribution in [0.3, 0.4) is 0 Å². The van der Waals surface area contributed by atoms with Crippen LogP contribution in [0, 0.1) is 0 Å². The molecule has 2 aliphatic rings. The van der Waals surface area contributed by atoms with Crippen LogP contribution in [0.15, 0.2) is 102 Å². The van der Waals surface area contributed by atoms with Crippen molar-refractivity contribution in [3.8, 4) is 0 Å². The molecule has 2 heterocycles. The predicted octanol–water partition coefficient (Wildman–Crippen LogP) is 1.54. The van der Waals surface area contributed by atoms with Crippen molar-refractivity contribution in [2.45, 2.75) is 0 Å². The molecule has 0 radical (unpaired) electrons. The largest absolute Gasteiger partial charge is 0.545 e. The highest BCUT2D eigenvalue weighted by atomic mass is 16.4. The number of hydrogen-bond donors (Lipinski definition) is 0. The Morgan fingerprint density at radius 1 is 1.07 bits per heavy atom. The molecule has 1 aromatic rings. The summed E-state index contributed by atoms with van der Waals surface area (Å²) in [5.41, 5.74) is 2.39. The van der Waals surface area contributed by atoms with Crippen LogP contribution in [0.25, 0.3) is 6.08 Å². The fourth-order valence-corrected chi connectivity index (χ4v) is 2.66. The lowest BCUT2D eigenvalue weighted by molar-refractivity contribution is -0.671. The van der Waals surface area contributed by atoms with Crippen LogP contribution >= 0.6 is 0 Å². The number of hydrogen-bond acceptors (Lipinski definition) is 4. The summed E-state index contributed by atoms with van der Waals surface area (Å²) in [6.45, 7) is 0. The maximum Gasteiger partial charge on any atom is 0.193 e. The Balaban J connectivity index is 1.89. The van der Waals surface area contributed by atoms with Crippen LogP contribution in [0.4, 0.5) is 0 Å². The van der Waals surface area contributed by atoms with Crippen molar-refractivity contribution in [1.82, 2.24) is 4.90 Å². The molecule has 0 aromatic carbocycles. The van der Waals surface area contributed by atoms with E-state index in [9.17, 15) is 14.7 Å². The van der Waals surface area contributed by atoms with Crippen LogP contribution < -0.4 is 9.67 Å². The highest BCUT2D eigenvalue weighted by Gasteiger charge is 2.17. The first-order valence-corrected chi connectivity index (χ1v) is 8.75. The van der Waals surface area contributed by atoms with Crippen LogP contribution in [-0.4, -0.2) is 23.7 Å². The number of rotatable bonds is 4. The highest BCUT2D eigenvalue weighted by Crippen LogP contribution is 2.21. The van der Waals surface area contributed by atoms with Gasteiger partial charge in [0.1, 0.15) is 7.05 Å². The molecule has 0 atom stereocenters. The molecule has 0 amide bonds. The van der Waals surface area contributed by atoms with E-state index in [1.54, 1.807) is 24.3 Å². The highest BCUT2D eigenvalue weighted by molar-refractivity contribution is 6.16. The second-order valence-electron chi connectivity index (χ2n) is 6.53. The first-order valence-electron chi connectivity index (χ1n) is 8.75. The maximum atomic E-state index is 12.8. The summed E-state index contributed by atoms with van der Waals surface area (Å²) in [6, 6.07) is 3.81. The lowest BCUT2D eigenvalue weighted by atomic mass is 9.92. The molecular weight excluding hydrogens is 352 g/mol. The second kappa shape index (κ2) is 8.31. The molecule has 140 valence electrons. The van der Waals surface area contributed by atoms with E-state index in [-0.39, 0.29) is 11.4 Å². The number of pyridine rings is 1. The molecule has 28 heavy (non-hydrogen) atoms. The summed E-state index contributed by atoms with van der Waals surface area (Å²) in [7, 11) is 3.83. The number of aromatic nitrogens is 1. The van der Waals surface area contributed by atoms with E-state index >= 15 is 0 Å². The standard InChI is InChI=1S/C23H20N2O3/c1-24-11-7-17(8-12-24)3-5-19-15-21(23(27)28)16-20(22(19)26)6-4-18-9-13-25(2)14-10-18/h3-16H,1-2H3. The Bertz CT molecular complexity index is 1000. The van der Waals surface area contributed by atoms with Crippen molar-refractivity contribution in [3.05, 3.63) is 107 Å². The number of carboxylic acid groups (broad SMARTS) is 1. The van der Waals surface area contributed by atoms with Crippen molar-refractivity contribution in [1.29, 1.82) is 0 Å². The van der Waals surface area contributed by atoms with Crippen molar-refractivity contribution < 1.29 is 19.3 Å². The van der Waals surface area contributed by atoms with Gasteiger partial charge in [-0.3, -0.25) is 4.79 Å². The molecule has 0 fully saturated rings. The minimum Gasteiger partial charge on any atom is -0.545 e. The number of carboxylic acids is 1. The van der Waals surface area contributed by atoms with E-state index in [0.717, 1.165) is 11.1 Å². The molecule has 0 saturated carbocycles. The average molecular weight is 372 g/mol. The molecule has 1 aliphatic carbocycles. The molecule has 0 unspecified atom stereocenters. The predicted molar refractivity (Wildman–Crippen MR) is 105 cm³/mol. The van der Waals surface area contributed by atoms with E-state index < -0.39 is 5.97 Å². The van der Waals surface area contributed by atoms with Crippen LogP contribution in [0.5, 0.6) is 0 Å². The lowest BCUT2D eigenvalue weighted by Crippen LogP contribution is -2.26. The summed E-state index contributed by atoms with van der Waals surface area (Å²) in [4.78, 5) is 26.0. The first-order chi connectivity index (χ1) is 13.4. The molecule has 0 saturated heterocycles. The molecule has 0 spiro atoms. The number of allylic oxidation sites excluding steroid dienone is 9. The number of carbonyl (C=O) groups is 2. The smallest absolute Gasteiger partial charge is 0.193 e. The van der Waals surface area contributed by atoms with Crippen molar-refractivity contribution >= 4 is 17.8 Å². The van der Waals surface area contributed by atoms with Crippen LogP contribution in [-0.2, 0) is 16.6 Å². The molecule has 1 aromatic heterocycles. The maximum absolute atomic E-state index is 12.8. The van der Waals surface area contributed by atoms with Crippen molar-refractivity contribution in [2.24, 2.45) is 7.05 Å². The third-order valence-electron chi connectivity index (χ3n) is 4.30. The van der Waals surface area contributed by atoms with Crippen LogP contribution in [0.1, 0.15) is 5.56 Å². The zero-order valence-electron chi connectivity index (χ0n) is 15.7. The Labute approximate surface area is 163 Å².